The summed E-state index contributed by atoms with van der Waals surface area (Å²) in [4.78, 5) is 8.76. The summed E-state index contributed by atoms with van der Waals surface area (Å²) in [5.74, 6) is 0. The highest BCUT2D eigenvalue weighted by molar-refractivity contribution is 5.08. The Bertz CT molecular complexity index is 414. The quantitative estimate of drug-likeness (QED) is 0.514. The zero-order chi connectivity index (χ0) is 16.5. The molecule has 1 heterocycles. The molecular weight excluding hydrogens is 282 g/mol. The maximum Gasteiger partial charge on any atom is 0.103 e. The van der Waals surface area contributed by atoms with Crippen molar-refractivity contribution >= 4 is 0 Å². The molecule has 126 valence electrons. The summed E-state index contributed by atoms with van der Waals surface area (Å²) >= 11 is 0. The number of rotatable bonds is 10. The van der Waals surface area contributed by atoms with Crippen LogP contribution in [-0.4, -0.2) is 50.1 Å². The van der Waals surface area contributed by atoms with E-state index in [2.05, 4.69) is 36.1 Å². The zero-order valence-electron chi connectivity index (χ0n) is 13.7. The van der Waals surface area contributed by atoms with Crippen molar-refractivity contribution in [2.75, 3.05) is 6.61 Å². The normalized spacial score (nSPS) is 17.0. The van der Waals surface area contributed by atoms with Crippen LogP contribution < -0.4 is 5.32 Å². The number of hydrogen-bond acceptors (Lipinski definition) is 6. The Balaban J connectivity index is 2.72. The van der Waals surface area contributed by atoms with Crippen LogP contribution in [0.2, 0.25) is 0 Å². The van der Waals surface area contributed by atoms with Crippen molar-refractivity contribution in [3.63, 3.8) is 0 Å². The van der Waals surface area contributed by atoms with Gasteiger partial charge in [-0.2, -0.15) is 0 Å². The van der Waals surface area contributed by atoms with E-state index in [4.69, 9.17) is 5.11 Å². The van der Waals surface area contributed by atoms with E-state index in [9.17, 15) is 10.2 Å². The summed E-state index contributed by atoms with van der Waals surface area (Å²) in [5.41, 5.74) is 1.49. The van der Waals surface area contributed by atoms with Crippen molar-refractivity contribution in [2.45, 2.75) is 70.7 Å². The van der Waals surface area contributed by atoms with E-state index in [1.165, 1.54) is 0 Å². The lowest BCUT2D eigenvalue weighted by atomic mass is 10.1. The van der Waals surface area contributed by atoms with Crippen molar-refractivity contribution in [3.05, 3.63) is 23.8 Å². The van der Waals surface area contributed by atoms with E-state index in [0.29, 0.717) is 11.7 Å². The standard InChI is InChI=1S/C16H29N3O3/c1-4-6-13(19-11(3)5-2)14-9-17-12(8-18-14)7-15(21)16(22)10-20/h8-9,11,13,15-16,19-22H,4-7,10H2,1-3H3/t11-,13?,15-,16+/m0/s1. The molecule has 6 nitrogen and oxygen atoms in total. The molecule has 0 aliphatic carbocycles. The van der Waals surface area contributed by atoms with Crippen molar-refractivity contribution in [2.24, 2.45) is 0 Å². The van der Waals surface area contributed by atoms with E-state index >= 15 is 0 Å². The molecular formula is C16H29N3O3. The Morgan fingerprint density at radius 1 is 1.14 bits per heavy atom. The van der Waals surface area contributed by atoms with E-state index in [1.807, 2.05) is 0 Å². The molecule has 1 unspecified atom stereocenters. The molecule has 4 N–H and O–H groups in total. The number of nitrogens with one attached hydrogen (secondary N) is 1. The summed E-state index contributed by atoms with van der Waals surface area (Å²) < 4.78 is 0. The second-order valence-electron chi connectivity index (χ2n) is 5.77. The van der Waals surface area contributed by atoms with Crippen LogP contribution in [0, 0.1) is 0 Å². The Morgan fingerprint density at radius 2 is 1.86 bits per heavy atom. The van der Waals surface area contributed by atoms with Gasteiger partial charge >= 0.3 is 0 Å². The fraction of sp³-hybridized carbons (Fsp3) is 0.750. The monoisotopic (exact) mass is 311 g/mol. The maximum atomic E-state index is 9.69. The SMILES string of the molecule is CCCC(N[C@@H](C)CC)c1cnc(C[C@H](O)[C@H](O)CO)cn1. The molecule has 0 amide bonds. The van der Waals surface area contributed by atoms with Gasteiger partial charge < -0.3 is 20.6 Å². The fourth-order valence-electron chi connectivity index (χ4n) is 2.19. The van der Waals surface area contributed by atoms with Crippen molar-refractivity contribution in [1.29, 1.82) is 0 Å². The molecule has 1 aromatic rings. The van der Waals surface area contributed by atoms with Gasteiger partial charge in [0.15, 0.2) is 0 Å². The van der Waals surface area contributed by atoms with Gasteiger partial charge in [-0.3, -0.25) is 9.97 Å². The van der Waals surface area contributed by atoms with Crippen molar-refractivity contribution in [3.8, 4) is 0 Å². The molecule has 0 bridgehead atoms. The minimum absolute atomic E-state index is 0.173. The van der Waals surface area contributed by atoms with Gasteiger partial charge in [0.25, 0.3) is 0 Å². The number of aliphatic hydroxyl groups excluding tert-OH is 3. The van der Waals surface area contributed by atoms with Crippen LogP contribution in [-0.2, 0) is 6.42 Å². The van der Waals surface area contributed by atoms with Crippen LogP contribution in [0.25, 0.3) is 0 Å². The third-order valence-corrected chi connectivity index (χ3v) is 3.81. The maximum absolute atomic E-state index is 9.69. The van der Waals surface area contributed by atoms with Gasteiger partial charge in [-0.1, -0.05) is 20.3 Å². The first-order valence-electron chi connectivity index (χ1n) is 8.05. The lowest BCUT2D eigenvalue weighted by Gasteiger charge is -2.22. The molecule has 6 heteroatoms. The minimum Gasteiger partial charge on any atom is -0.394 e. The molecule has 0 aromatic carbocycles. The van der Waals surface area contributed by atoms with Crippen LogP contribution in [0.15, 0.2) is 12.4 Å². The van der Waals surface area contributed by atoms with Gasteiger partial charge in [-0.15, -0.1) is 0 Å². The molecule has 0 saturated heterocycles. The molecule has 0 saturated carbocycles. The van der Waals surface area contributed by atoms with Crippen molar-refractivity contribution < 1.29 is 15.3 Å². The minimum atomic E-state index is -1.15. The first-order chi connectivity index (χ1) is 10.5. The highest BCUT2D eigenvalue weighted by Crippen LogP contribution is 2.17. The molecule has 1 aromatic heterocycles. The zero-order valence-corrected chi connectivity index (χ0v) is 13.7. The molecule has 22 heavy (non-hydrogen) atoms. The predicted molar refractivity (Wildman–Crippen MR) is 85.4 cm³/mol. The van der Waals surface area contributed by atoms with Gasteiger partial charge in [0.05, 0.1) is 36.3 Å². The summed E-state index contributed by atoms with van der Waals surface area (Å²) in [6, 6.07) is 0.592. The lowest BCUT2D eigenvalue weighted by molar-refractivity contribution is -0.0137. The molecule has 0 fully saturated rings. The van der Waals surface area contributed by atoms with E-state index in [1.54, 1.807) is 12.4 Å². The molecule has 0 radical (unpaired) electrons. The Kier molecular flexibility index (Phi) is 8.48. The van der Waals surface area contributed by atoms with E-state index < -0.39 is 18.8 Å². The molecule has 0 aliphatic rings. The topological polar surface area (TPSA) is 98.5 Å². The highest BCUT2D eigenvalue weighted by atomic mass is 16.4. The second kappa shape index (κ2) is 9.84. The Labute approximate surface area is 132 Å². The summed E-state index contributed by atoms with van der Waals surface area (Å²) in [6.45, 7) is 5.96. The smallest absolute Gasteiger partial charge is 0.103 e. The number of hydrogen-bond donors (Lipinski definition) is 4. The van der Waals surface area contributed by atoms with Gasteiger partial charge in [0.1, 0.15) is 6.10 Å². The number of aliphatic hydroxyl groups is 3. The van der Waals surface area contributed by atoms with E-state index in [0.717, 1.165) is 25.0 Å². The highest BCUT2D eigenvalue weighted by Gasteiger charge is 2.18. The largest absolute Gasteiger partial charge is 0.394 e. The van der Waals surface area contributed by atoms with Crippen LogP contribution in [0.5, 0.6) is 0 Å². The Morgan fingerprint density at radius 3 is 2.36 bits per heavy atom. The third kappa shape index (κ3) is 5.96. The number of aromatic nitrogens is 2. The van der Waals surface area contributed by atoms with Gasteiger partial charge in [-0.05, 0) is 19.8 Å². The third-order valence-electron chi connectivity index (χ3n) is 3.81. The second-order valence-corrected chi connectivity index (χ2v) is 5.77. The molecule has 0 aliphatic heterocycles. The van der Waals surface area contributed by atoms with E-state index in [-0.39, 0.29) is 12.5 Å². The van der Waals surface area contributed by atoms with Crippen LogP contribution in [0.3, 0.4) is 0 Å². The average Bonchev–Trinajstić information content (AvgIpc) is 2.54. The van der Waals surface area contributed by atoms with Crippen LogP contribution in [0.4, 0.5) is 0 Å². The summed E-state index contributed by atoms with van der Waals surface area (Å²) in [6.07, 6.45) is 4.44. The molecule has 4 atom stereocenters. The summed E-state index contributed by atoms with van der Waals surface area (Å²) in [5, 5.41) is 31.4. The van der Waals surface area contributed by atoms with Crippen LogP contribution in [0.1, 0.15) is 57.5 Å². The predicted octanol–water partition coefficient (Wildman–Crippen LogP) is 0.962. The van der Waals surface area contributed by atoms with Gasteiger partial charge in [0, 0.05) is 18.7 Å². The van der Waals surface area contributed by atoms with Gasteiger partial charge in [0.2, 0.25) is 0 Å². The molecule has 0 spiro atoms. The fourth-order valence-corrected chi connectivity index (χ4v) is 2.19. The summed E-state index contributed by atoms with van der Waals surface area (Å²) in [7, 11) is 0. The average molecular weight is 311 g/mol. The number of nitrogens with zero attached hydrogens (tertiary/aromatic N) is 2. The first-order valence-corrected chi connectivity index (χ1v) is 8.05. The first kappa shape index (κ1) is 19.0. The van der Waals surface area contributed by atoms with Crippen molar-refractivity contribution in [1.82, 2.24) is 15.3 Å². The lowest BCUT2D eigenvalue weighted by Crippen LogP contribution is -2.32. The molecule has 1 rings (SSSR count). The van der Waals surface area contributed by atoms with Gasteiger partial charge in [-0.25, -0.2) is 0 Å². The Hall–Kier alpha value is -1.08. The van der Waals surface area contributed by atoms with Crippen LogP contribution >= 0.6 is 0 Å².